The normalized spacial score (nSPS) is 9.91. The topological polar surface area (TPSA) is 92.7 Å². The fourth-order valence-electron chi connectivity index (χ4n) is 1.93. The molecular formula is C17H15NO5. The molecule has 0 saturated heterocycles. The van der Waals surface area contributed by atoms with E-state index in [-0.39, 0.29) is 11.1 Å². The molecule has 0 spiro atoms. The van der Waals surface area contributed by atoms with E-state index in [1.807, 2.05) is 30.3 Å². The number of hydrogen-bond acceptors (Lipinski definition) is 4. The standard InChI is InChI=1S/C17H15NO5/c19-10-13-8-14(23-11-12-4-2-1-3-5-12)6-7-15(13)17(22)18-9-16(20)21/h1-8,10H,9,11H2,(H,18,22)(H,20,21). The summed E-state index contributed by atoms with van der Waals surface area (Å²) in [5.41, 5.74) is 1.22. The lowest BCUT2D eigenvalue weighted by atomic mass is 10.1. The lowest BCUT2D eigenvalue weighted by Gasteiger charge is -2.09. The number of carboxylic acid groups (broad SMARTS) is 1. The van der Waals surface area contributed by atoms with E-state index in [1.54, 1.807) is 6.07 Å². The van der Waals surface area contributed by atoms with Gasteiger partial charge in [0.1, 0.15) is 18.9 Å². The molecule has 118 valence electrons. The monoisotopic (exact) mass is 313 g/mol. The van der Waals surface area contributed by atoms with Gasteiger partial charge in [-0.25, -0.2) is 0 Å². The summed E-state index contributed by atoms with van der Waals surface area (Å²) in [7, 11) is 0. The van der Waals surface area contributed by atoms with Crippen LogP contribution in [0.3, 0.4) is 0 Å². The van der Waals surface area contributed by atoms with Gasteiger partial charge >= 0.3 is 5.97 Å². The Kier molecular flexibility index (Phi) is 5.46. The van der Waals surface area contributed by atoms with Gasteiger partial charge in [-0.1, -0.05) is 30.3 Å². The molecule has 0 aliphatic heterocycles. The molecule has 0 unspecified atom stereocenters. The fraction of sp³-hybridized carbons (Fsp3) is 0.118. The molecule has 0 fully saturated rings. The molecule has 0 aliphatic rings. The number of rotatable bonds is 7. The van der Waals surface area contributed by atoms with Crippen molar-refractivity contribution in [3.63, 3.8) is 0 Å². The maximum Gasteiger partial charge on any atom is 0.322 e. The minimum absolute atomic E-state index is 0.105. The quantitative estimate of drug-likeness (QED) is 0.762. The van der Waals surface area contributed by atoms with Gasteiger partial charge in [0.05, 0.1) is 5.56 Å². The summed E-state index contributed by atoms with van der Waals surface area (Å²) in [4.78, 5) is 33.4. The molecule has 2 aromatic carbocycles. The van der Waals surface area contributed by atoms with Gasteiger partial charge in [-0.05, 0) is 23.8 Å². The van der Waals surface area contributed by atoms with Gasteiger partial charge in [-0.2, -0.15) is 0 Å². The van der Waals surface area contributed by atoms with Gasteiger partial charge in [-0.15, -0.1) is 0 Å². The number of aliphatic carboxylic acids is 1. The van der Waals surface area contributed by atoms with Gasteiger partial charge in [0.15, 0.2) is 6.29 Å². The van der Waals surface area contributed by atoms with Crippen LogP contribution in [0.4, 0.5) is 0 Å². The van der Waals surface area contributed by atoms with Gasteiger partial charge in [0, 0.05) is 5.56 Å². The van der Waals surface area contributed by atoms with Crippen molar-refractivity contribution < 1.29 is 24.2 Å². The van der Waals surface area contributed by atoms with Gasteiger partial charge < -0.3 is 15.2 Å². The Morgan fingerprint density at radius 1 is 1.13 bits per heavy atom. The number of nitrogens with one attached hydrogen (secondary N) is 1. The fourth-order valence-corrected chi connectivity index (χ4v) is 1.93. The van der Waals surface area contributed by atoms with E-state index in [1.165, 1.54) is 12.1 Å². The Hall–Kier alpha value is -3.15. The molecule has 23 heavy (non-hydrogen) atoms. The third-order valence-corrected chi connectivity index (χ3v) is 3.04. The molecule has 0 heterocycles. The number of carbonyl (C=O) groups excluding carboxylic acids is 2. The van der Waals surface area contributed by atoms with Gasteiger partial charge in [0.25, 0.3) is 5.91 Å². The zero-order valence-corrected chi connectivity index (χ0v) is 12.2. The van der Waals surface area contributed by atoms with Crippen LogP contribution in [0, 0.1) is 0 Å². The van der Waals surface area contributed by atoms with Crippen molar-refractivity contribution >= 4 is 18.2 Å². The van der Waals surface area contributed by atoms with Gasteiger partial charge in [-0.3, -0.25) is 14.4 Å². The van der Waals surface area contributed by atoms with E-state index in [9.17, 15) is 14.4 Å². The van der Waals surface area contributed by atoms with Crippen molar-refractivity contribution in [3.8, 4) is 5.75 Å². The summed E-state index contributed by atoms with van der Waals surface area (Å²) in [6.45, 7) is -0.174. The van der Waals surface area contributed by atoms with Crippen molar-refractivity contribution in [1.82, 2.24) is 5.32 Å². The van der Waals surface area contributed by atoms with Crippen molar-refractivity contribution in [2.45, 2.75) is 6.61 Å². The highest BCUT2D eigenvalue weighted by atomic mass is 16.5. The number of amides is 1. The number of aldehydes is 1. The zero-order valence-electron chi connectivity index (χ0n) is 12.2. The molecule has 0 saturated carbocycles. The Balaban J connectivity index is 2.08. The number of carboxylic acids is 1. The first kappa shape index (κ1) is 16.2. The van der Waals surface area contributed by atoms with Crippen LogP contribution in [0.2, 0.25) is 0 Å². The zero-order chi connectivity index (χ0) is 16.7. The molecule has 1 amide bonds. The largest absolute Gasteiger partial charge is 0.489 e. The van der Waals surface area contributed by atoms with Crippen molar-refractivity contribution in [2.75, 3.05) is 6.54 Å². The minimum atomic E-state index is -1.16. The lowest BCUT2D eigenvalue weighted by molar-refractivity contribution is -0.135. The first-order valence-electron chi connectivity index (χ1n) is 6.86. The average Bonchev–Trinajstić information content (AvgIpc) is 2.58. The Morgan fingerprint density at radius 2 is 1.87 bits per heavy atom. The van der Waals surface area contributed by atoms with E-state index < -0.39 is 18.4 Å². The van der Waals surface area contributed by atoms with E-state index in [0.717, 1.165) is 5.56 Å². The minimum Gasteiger partial charge on any atom is -0.489 e. The highest BCUT2D eigenvalue weighted by Gasteiger charge is 2.13. The Labute approximate surface area is 132 Å². The van der Waals surface area contributed by atoms with Crippen LogP contribution in [0.15, 0.2) is 48.5 Å². The van der Waals surface area contributed by atoms with E-state index >= 15 is 0 Å². The van der Waals surface area contributed by atoms with Crippen LogP contribution in [0.1, 0.15) is 26.3 Å². The molecular weight excluding hydrogens is 298 g/mol. The molecule has 6 nitrogen and oxygen atoms in total. The second-order valence-electron chi connectivity index (χ2n) is 4.72. The number of hydrogen-bond donors (Lipinski definition) is 2. The molecule has 2 aromatic rings. The van der Waals surface area contributed by atoms with Crippen LogP contribution in [-0.2, 0) is 11.4 Å². The smallest absolute Gasteiger partial charge is 0.322 e. The average molecular weight is 313 g/mol. The van der Waals surface area contributed by atoms with Crippen LogP contribution < -0.4 is 10.1 Å². The maximum absolute atomic E-state index is 11.8. The van der Waals surface area contributed by atoms with E-state index in [2.05, 4.69) is 5.32 Å². The Bertz CT molecular complexity index is 712. The highest BCUT2D eigenvalue weighted by molar-refractivity contribution is 6.02. The van der Waals surface area contributed by atoms with Crippen LogP contribution in [-0.4, -0.2) is 29.8 Å². The molecule has 0 radical (unpaired) electrons. The molecule has 0 aliphatic carbocycles. The first-order chi connectivity index (χ1) is 11.1. The predicted octanol–water partition coefficient (Wildman–Crippen LogP) is 1.89. The molecule has 0 atom stereocenters. The third-order valence-electron chi connectivity index (χ3n) is 3.04. The van der Waals surface area contributed by atoms with E-state index in [0.29, 0.717) is 18.6 Å². The SMILES string of the molecule is O=Cc1cc(OCc2ccccc2)ccc1C(=O)NCC(=O)O. The van der Waals surface area contributed by atoms with Crippen molar-refractivity contribution in [2.24, 2.45) is 0 Å². The molecule has 0 bridgehead atoms. The molecule has 2 N–H and O–H groups in total. The number of ether oxygens (including phenoxy) is 1. The van der Waals surface area contributed by atoms with Crippen molar-refractivity contribution in [1.29, 1.82) is 0 Å². The second-order valence-corrected chi connectivity index (χ2v) is 4.72. The summed E-state index contributed by atoms with van der Waals surface area (Å²) >= 11 is 0. The summed E-state index contributed by atoms with van der Waals surface area (Å²) in [6.07, 6.45) is 0.533. The number of benzene rings is 2. The van der Waals surface area contributed by atoms with Crippen molar-refractivity contribution in [3.05, 3.63) is 65.2 Å². The summed E-state index contributed by atoms with van der Waals surface area (Å²) in [6, 6.07) is 14.0. The maximum atomic E-state index is 11.8. The summed E-state index contributed by atoms with van der Waals surface area (Å²) in [5.74, 6) is -1.33. The lowest BCUT2D eigenvalue weighted by Crippen LogP contribution is -2.29. The summed E-state index contributed by atoms with van der Waals surface area (Å²) in [5, 5.41) is 10.8. The third kappa shape index (κ3) is 4.67. The Morgan fingerprint density at radius 3 is 2.52 bits per heavy atom. The molecule has 6 heteroatoms. The van der Waals surface area contributed by atoms with Crippen LogP contribution in [0.25, 0.3) is 0 Å². The number of carbonyl (C=O) groups is 3. The van der Waals surface area contributed by atoms with Crippen LogP contribution in [0.5, 0.6) is 5.75 Å². The van der Waals surface area contributed by atoms with Gasteiger partial charge in [0.2, 0.25) is 0 Å². The molecule has 0 aromatic heterocycles. The van der Waals surface area contributed by atoms with Crippen LogP contribution >= 0.6 is 0 Å². The molecule has 2 rings (SSSR count). The van der Waals surface area contributed by atoms with E-state index in [4.69, 9.17) is 9.84 Å². The highest BCUT2D eigenvalue weighted by Crippen LogP contribution is 2.18. The summed E-state index contributed by atoms with van der Waals surface area (Å²) < 4.78 is 5.58. The predicted molar refractivity (Wildman–Crippen MR) is 82.6 cm³/mol. The first-order valence-corrected chi connectivity index (χ1v) is 6.86. The second kappa shape index (κ2) is 7.74.